The van der Waals surface area contributed by atoms with Gasteiger partial charge in [-0.1, -0.05) is 20.3 Å². The molecule has 108 valence electrons. The van der Waals surface area contributed by atoms with E-state index >= 15 is 0 Å². The van der Waals surface area contributed by atoms with Crippen molar-refractivity contribution >= 4 is 15.9 Å². The SMILES string of the molecule is CCCNCC1CCC(C)CC1c1c(Br)cnn1C. The Labute approximate surface area is 125 Å². The molecule has 4 heteroatoms. The number of hydrogen-bond donors (Lipinski definition) is 1. The van der Waals surface area contributed by atoms with Gasteiger partial charge in [0.15, 0.2) is 0 Å². The second-order valence-corrected chi connectivity index (χ2v) is 6.84. The molecule has 1 aliphatic rings. The summed E-state index contributed by atoms with van der Waals surface area (Å²) in [7, 11) is 2.07. The Hall–Kier alpha value is -0.350. The minimum Gasteiger partial charge on any atom is -0.316 e. The summed E-state index contributed by atoms with van der Waals surface area (Å²) in [5.41, 5.74) is 1.38. The molecule has 1 fully saturated rings. The maximum Gasteiger partial charge on any atom is 0.0635 e. The van der Waals surface area contributed by atoms with Crippen LogP contribution in [0.25, 0.3) is 0 Å². The molecule has 1 aromatic rings. The first-order chi connectivity index (χ1) is 9.13. The number of nitrogens with zero attached hydrogens (tertiary/aromatic N) is 2. The van der Waals surface area contributed by atoms with E-state index < -0.39 is 0 Å². The second kappa shape index (κ2) is 6.89. The molecule has 0 amide bonds. The fourth-order valence-electron chi connectivity index (χ4n) is 3.32. The van der Waals surface area contributed by atoms with Crippen molar-refractivity contribution in [2.45, 2.75) is 45.4 Å². The van der Waals surface area contributed by atoms with Crippen LogP contribution >= 0.6 is 15.9 Å². The summed E-state index contributed by atoms with van der Waals surface area (Å²) in [6, 6.07) is 0. The Bertz CT molecular complexity index is 383. The van der Waals surface area contributed by atoms with Crippen molar-refractivity contribution in [1.82, 2.24) is 15.1 Å². The normalized spacial score (nSPS) is 27.7. The number of aryl methyl sites for hydroxylation is 1. The Morgan fingerprint density at radius 3 is 2.89 bits per heavy atom. The molecule has 1 heterocycles. The third kappa shape index (κ3) is 3.60. The quantitative estimate of drug-likeness (QED) is 0.835. The zero-order chi connectivity index (χ0) is 13.8. The summed E-state index contributed by atoms with van der Waals surface area (Å²) >= 11 is 3.68. The van der Waals surface area contributed by atoms with E-state index in [9.17, 15) is 0 Å². The van der Waals surface area contributed by atoms with Crippen molar-refractivity contribution in [3.05, 3.63) is 16.4 Å². The molecule has 3 nitrogen and oxygen atoms in total. The number of hydrogen-bond acceptors (Lipinski definition) is 2. The fraction of sp³-hybridized carbons (Fsp3) is 0.800. The topological polar surface area (TPSA) is 29.9 Å². The molecule has 3 unspecified atom stereocenters. The van der Waals surface area contributed by atoms with Gasteiger partial charge in [-0.05, 0) is 60.1 Å². The van der Waals surface area contributed by atoms with Gasteiger partial charge in [-0.3, -0.25) is 4.68 Å². The highest BCUT2D eigenvalue weighted by Gasteiger charge is 2.32. The van der Waals surface area contributed by atoms with Crippen LogP contribution in [-0.4, -0.2) is 22.9 Å². The largest absolute Gasteiger partial charge is 0.316 e. The third-order valence-corrected chi connectivity index (χ3v) is 4.99. The molecule has 0 saturated heterocycles. The zero-order valence-corrected chi connectivity index (χ0v) is 13.9. The van der Waals surface area contributed by atoms with E-state index in [0.717, 1.165) is 24.9 Å². The molecule has 1 aliphatic carbocycles. The van der Waals surface area contributed by atoms with Crippen LogP contribution in [0.5, 0.6) is 0 Å². The molecule has 1 aromatic heterocycles. The van der Waals surface area contributed by atoms with E-state index in [-0.39, 0.29) is 0 Å². The van der Waals surface area contributed by atoms with Crippen molar-refractivity contribution in [2.75, 3.05) is 13.1 Å². The van der Waals surface area contributed by atoms with Gasteiger partial charge in [-0.25, -0.2) is 0 Å². The Balaban J connectivity index is 2.12. The second-order valence-electron chi connectivity index (χ2n) is 5.99. The van der Waals surface area contributed by atoms with Crippen LogP contribution in [0.3, 0.4) is 0 Å². The summed E-state index contributed by atoms with van der Waals surface area (Å²) in [5.74, 6) is 2.21. The van der Waals surface area contributed by atoms with E-state index in [1.165, 1.54) is 35.8 Å². The Morgan fingerprint density at radius 2 is 2.26 bits per heavy atom. The average Bonchev–Trinajstić information content (AvgIpc) is 2.71. The first kappa shape index (κ1) is 15.0. The van der Waals surface area contributed by atoms with Crippen LogP contribution in [0.1, 0.15) is 51.1 Å². The lowest BCUT2D eigenvalue weighted by Crippen LogP contribution is -2.33. The molecule has 0 radical (unpaired) electrons. The monoisotopic (exact) mass is 327 g/mol. The molecule has 19 heavy (non-hydrogen) atoms. The lowest BCUT2D eigenvalue weighted by molar-refractivity contribution is 0.234. The molecular weight excluding hydrogens is 302 g/mol. The van der Waals surface area contributed by atoms with Crippen LogP contribution in [-0.2, 0) is 7.05 Å². The molecule has 0 aliphatic heterocycles. The Morgan fingerprint density at radius 1 is 1.47 bits per heavy atom. The van der Waals surface area contributed by atoms with Crippen molar-refractivity contribution in [3.8, 4) is 0 Å². The summed E-state index contributed by atoms with van der Waals surface area (Å²) in [4.78, 5) is 0. The first-order valence-corrected chi connectivity index (χ1v) is 8.30. The molecule has 0 bridgehead atoms. The van der Waals surface area contributed by atoms with Gasteiger partial charge in [0.25, 0.3) is 0 Å². The van der Waals surface area contributed by atoms with Gasteiger partial charge in [-0.15, -0.1) is 0 Å². The summed E-state index contributed by atoms with van der Waals surface area (Å²) in [5, 5.41) is 8.00. The highest BCUT2D eigenvalue weighted by Crippen LogP contribution is 2.42. The van der Waals surface area contributed by atoms with E-state index in [4.69, 9.17) is 0 Å². The van der Waals surface area contributed by atoms with E-state index in [2.05, 4.69) is 51.9 Å². The van der Waals surface area contributed by atoms with Crippen molar-refractivity contribution in [3.63, 3.8) is 0 Å². The van der Waals surface area contributed by atoms with Gasteiger partial charge in [0.1, 0.15) is 0 Å². The molecule has 0 aromatic carbocycles. The minimum absolute atomic E-state index is 0.634. The predicted molar refractivity (Wildman–Crippen MR) is 83.3 cm³/mol. The summed E-state index contributed by atoms with van der Waals surface area (Å²) < 4.78 is 3.23. The fourth-order valence-corrected chi connectivity index (χ4v) is 3.97. The van der Waals surface area contributed by atoms with Gasteiger partial charge in [0, 0.05) is 13.0 Å². The molecule has 3 atom stereocenters. The summed E-state index contributed by atoms with van der Waals surface area (Å²) in [6.07, 6.45) is 7.13. The van der Waals surface area contributed by atoms with Gasteiger partial charge in [-0.2, -0.15) is 5.10 Å². The minimum atomic E-state index is 0.634. The number of nitrogens with one attached hydrogen (secondary N) is 1. The van der Waals surface area contributed by atoms with Crippen LogP contribution in [0.4, 0.5) is 0 Å². The standard InChI is InChI=1S/C15H26BrN3/c1-4-7-17-9-12-6-5-11(2)8-13(12)15-14(16)10-18-19(15)3/h10-13,17H,4-9H2,1-3H3. The molecular formula is C15H26BrN3. The van der Waals surface area contributed by atoms with E-state index in [0.29, 0.717) is 5.92 Å². The number of aromatic nitrogens is 2. The molecule has 2 rings (SSSR count). The first-order valence-electron chi connectivity index (χ1n) is 7.51. The smallest absolute Gasteiger partial charge is 0.0635 e. The van der Waals surface area contributed by atoms with Gasteiger partial charge in [0.05, 0.1) is 16.4 Å². The number of halogens is 1. The zero-order valence-electron chi connectivity index (χ0n) is 12.3. The van der Waals surface area contributed by atoms with Crippen LogP contribution in [0, 0.1) is 11.8 Å². The molecule has 0 spiro atoms. The van der Waals surface area contributed by atoms with Crippen molar-refractivity contribution < 1.29 is 0 Å². The van der Waals surface area contributed by atoms with Gasteiger partial charge < -0.3 is 5.32 Å². The maximum absolute atomic E-state index is 4.40. The average molecular weight is 328 g/mol. The van der Waals surface area contributed by atoms with Crippen LogP contribution in [0.2, 0.25) is 0 Å². The van der Waals surface area contributed by atoms with Gasteiger partial charge >= 0.3 is 0 Å². The Kier molecular flexibility index (Phi) is 5.46. The van der Waals surface area contributed by atoms with Crippen molar-refractivity contribution in [2.24, 2.45) is 18.9 Å². The number of rotatable bonds is 5. The predicted octanol–water partition coefficient (Wildman–Crippen LogP) is 3.70. The highest BCUT2D eigenvalue weighted by atomic mass is 79.9. The van der Waals surface area contributed by atoms with Crippen LogP contribution < -0.4 is 5.32 Å². The highest BCUT2D eigenvalue weighted by molar-refractivity contribution is 9.10. The lowest BCUT2D eigenvalue weighted by Gasteiger charge is -2.35. The maximum atomic E-state index is 4.40. The lowest BCUT2D eigenvalue weighted by atomic mass is 9.73. The van der Waals surface area contributed by atoms with Crippen LogP contribution in [0.15, 0.2) is 10.7 Å². The van der Waals surface area contributed by atoms with E-state index in [1.807, 2.05) is 6.20 Å². The van der Waals surface area contributed by atoms with E-state index in [1.54, 1.807) is 0 Å². The molecule has 1 saturated carbocycles. The summed E-state index contributed by atoms with van der Waals surface area (Å²) in [6.45, 7) is 6.88. The van der Waals surface area contributed by atoms with Gasteiger partial charge in [0.2, 0.25) is 0 Å². The molecule has 1 N–H and O–H groups in total. The van der Waals surface area contributed by atoms with Crippen molar-refractivity contribution in [1.29, 1.82) is 0 Å². The third-order valence-electron chi connectivity index (χ3n) is 4.38.